The average Bonchev–Trinajstić information content (AvgIpc) is 3.36. The van der Waals surface area contributed by atoms with Crippen LogP contribution in [0.2, 0.25) is 0 Å². The van der Waals surface area contributed by atoms with Gasteiger partial charge in [-0.2, -0.15) is 0 Å². The van der Waals surface area contributed by atoms with Gasteiger partial charge in [-0.15, -0.1) is 0 Å². The number of carbonyl (C=O) groups is 2. The number of amides is 2. The molecule has 6 heteroatoms. The van der Waals surface area contributed by atoms with Gasteiger partial charge in [0.15, 0.2) is 0 Å². The van der Waals surface area contributed by atoms with Gasteiger partial charge in [-0.3, -0.25) is 14.5 Å². The van der Waals surface area contributed by atoms with Crippen LogP contribution in [-0.2, 0) is 22.6 Å². The summed E-state index contributed by atoms with van der Waals surface area (Å²) in [4.78, 5) is 29.7. The maximum atomic E-state index is 14.5. The summed E-state index contributed by atoms with van der Waals surface area (Å²) in [5.74, 6) is 0.0535. The fourth-order valence-corrected chi connectivity index (χ4v) is 5.30. The zero-order chi connectivity index (χ0) is 24.1. The number of hydrogen-bond donors (Lipinski definition) is 1. The third-order valence-corrected chi connectivity index (χ3v) is 7.33. The molecule has 0 aromatic heterocycles. The Morgan fingerprint density at radius 2 is 1.82 bits per heavy atom. The second-order valence-corrected chi connectivity index (χ2v) is 9.87. The number of aryl methyl sites for hydroxylation is 1. The molecule has 2 amide bonds. The third-order valence-electron chi connectivity index (χ3n) is 7.33. The SMILES string of the molecule is Cc1c(CN2CCN(C(=O)C3CCCC3)[C@@H](C)C2)cc(F)cc1NC(=O)CCc1ccccc1. The van der Waals surface area contributed by atoms with E-state index in [9.17, 15) is 14.0 Å². The van der Waals surface area contributed by atoms with Gasteiger partial charge in [-0.05, 0) is 61.9 Å². The first-order valence-electron chi connectivity index (χ1n) is 12.6. The van der Waals surface area contributed by atoms with Crippen LogP contribution >= 0.6 is 0 Å². The molecule has 1 aliphatic carbocycles. The lowest BCUT2D eigenvalue weighted by atomic mass is 10.0. The van der Waals surface area contributed by atoms with Crippen molar-refractivity contribution in [3.63, 3.8) is 0 Å². The van der Waals surface area contributed by atoms with Gasteiger partial charge in [0.2, 0.25) is 11.8 Å². The van der Waals surface area contributed by atoms with Crippen molar-refractivity contribution in [2.24, 2.45) is 5.92 Å². The van der Waals surface area contributed by atoms with Gasteiger partial charge in [-0.25, -0.2) is 4.39 Å². The number of nitrogens with zero attached hydrogens (tertiary/aromatic N) is 2. The maximum Gasteiger partial charge on any atom is 0.226 e. The molecule has 182 valence electrons. The number of carbonyl (C=O) groups excluding carboxylic acids is 2. The Kier molecular flexibility index (Phi) is 7.99. The highest BCUT2D eigenvalue weighted by atomic mass is 19.1. The largest absolute Gasteiger partial charge is 0.337 e. The predicted octanol–water partition coefficient (Wildman–Crippen LogP) is 4.93. The molecule has 0 bridgehead atoms. The first-order valence-corrected chi connectivity index (χ1v) is 12.6. The average molecular weight is 466 g/mol. The fourth-order valence-electron chi connectivity index (χ4n) is 5.30. The van der Waals surface area contributed by atoms with Crippen molar-refractivity contribution >= 4 is 17.5 Å². The van der Waals surface area contributed by atoms with Crippen LogP contribution in [0.3, 0.4) is 0 Å². The molecule has 1 saturated heterocycles. The van der Waals surface area contributed by atoms with E-state index in [1.807, 2.05) is 42.2 Å². The zero-order valence-electron chi connectivity index (χ0n) is 20.4. The molecule has 1 heterocycles. The van der Waals surface area contributed by atoms with Gasteiger partial charge < -0.3 is 10.2 Å². The molecule has 2 aromatic rings. The number of nitrogens with one attached hydrogen (secondary N) is 1. The molecular formula is C28H36FN3O2. The fraction of sp³-hybridized carbons (Fsp3) is 0.500. The number of piperazine rings is 1. The van der Waals surface area contributed by atoms with E-state index in [0.717, 1.165) is 55.5 Å². The van der Waals surface area contributed by atoms with Crippen LogP contribution in [0.1, 0.15) is 55.7 Å². The molecule has 0 radical (unpaired) electrons. The van der Waals surface area contributed by atoms with Crippen LogP contribution in [0.15, 0.2) is 42.5 Å². The molecule has 2 aromatic carbocycles. The molecule has 1 saturated carbocycles. The highest BCUT2D eigenvalue weighted by molar-refractivity contribution is 5.91. The van der Waals surface area contributed by atoms with Crippen molar-refractivity contribution < 1.29 is 14.0 Å². The van der Waals surface area contributed by atoms with Crippen LogP contribution in [0.5, 0.6) is 0 Å². The lowest BCUT2D eigenvalue weighted by molar-refractivity contribution is -0.140. The van der Waals surface area contributed by atoms with E-state index >= 15 is 0 Å². The van der Waals surface area contributed by atoms with Crippen molar-refractivity contribution in [2.45, 2.75) is 65.0 Å². The minimum atomic E-state index is -0.345. The first kappa shape index (κ1) is 24.4. The normalized spacial score (nSPS) is 19.4. The molecule has 0 spiro atoms. The summed E-state index contributed by atoms with van der Waals surface area (Å²) < 4.78 is 14.5. The van der Waals surface area contributed by atoms with Gasteiger partial charge in [0, 0.05) is 50.2 Å². The molecule has 1 atom stereocenters. The molecular weight excluding hydrogens is 429 g/mol. The van der Waals surface area contributed by atoms with Gasteiger partial charge >= 0.3 is 0 Å². The monoisotopic (exact) mass is 465 g/mol. The summed E-state index contributed by atoms with van der Waals surface area (Å²) in [6.45, 7) is 6.91. The second-order valence-electron chi connectivity index (χ2n) is 9.87. The van der Waals surface area contributed by atoms with E-state index in [0.29, 0.717) is 37.5 Å². The predicted molar refractivity (Wildman–Crippen MR) is 133 cm³/mol. The topological polar surface area (TPSA) is 52.6 Å². The van der Waals surface area contributed by atoms with Crippen molar-refractivity contribution in [2.75, 3.05) is 25.0 Å². The molecule has 5 nitrogen and oxygen atoms in total. The number of anilines is 1. The van der Waals surface area contributed by atoms with Crippen LogP contribution in [0.25, 0.3) is 0 Å². The Hall–Kier alpha value is -2.73. The Morgan fingerprint density at radius 3 is 2.53 bits per heavy atom. The van der Waals surface area contributed by atoms with Gasteiger partial charge in [-0.1, -0.05) is 43.2 Å². The van der Waals surface area contributed by atoms with E-state index in [2.05, 4.69) is 17.1 Å². The minimum Gasteiger partial charge on any atom is -0.337 e. The van der Waals surface area contributed by atoms with E-state index in [-0.39, 0.29) is 23.7 Å². The summed E-state index contributed by atoms with van der Waals surface area (Å²) in [7, 11) is 0. The molecule has 0 unspecified atom stereocenters. The molecule has 4 rings (SSSR count). The van der Waals surface area contributed by atoms with E-state index in [1.54, 1.807) is 6.07 Å². The molecule has 1 aliphatic heterocycles. The summed E-state index contributed by atoms with van der Waals surface area (Å²) in [5, 5.41) is 2.91. The molecule has 34 heavy (non-hydrogen) atoms. The molecule has 2 aliphatic rings. The van der Waals surface area contributed by atoms with Crippen LogP contribution in [0.4, 0.5) is 10.1 Å². The Morgan fingerprint density at radius 1 is 1.09 bits per heavy atom. The Labute approximate surface area is 202 Å². The summed E-state index contributed by atoms with van der Waals surface area (Å²) in [5.41, 5.74) is 3.41. The van der Waals surface area contributed by atoms with Crippen molar-refractivity contribution in [1.29, 1.82) is 0 Å². The highest BCUT2D eigenvalue weighted by Gasteiger charge is 2.33. The lowest BCUT2D eigenvalue weighted by Gasteiger charge is -2.41. The number of hydrogen-bond acceptors (Lipinski definition) is 3. The molecule has 1 N–H and O–H groups in total. The minimum absolute atomic E-state index is 0.115. The van der Waals surface area contributed by atoms with E-state index < -0.39 is 0 Å². The summed E-state index contributed by atoms with van der Waals surface area (Å²) in [6.07, 6.45) is 5.37. The van der Waals surface area contributed by atoms with Crippen LogP contribution in [-0.4, -0.2) is 47.3 Å². The lowest BCUT2D eigenvalue weighted by Crippen LogP contribution is -2.54. The van der Waals surface area contributed by atoms with Crippen molar-refractivity contribution in [3.8, 4) is 0 Å². The third kappa shape index (κ3) is 6.03. The second kappa shape index (κ2) is 11.1. The van der Waals surface area contributed by atoms with Crippen LogP contribution in [0, 0.1) is 18.7 Å². The van der Waals surface area contributed by atoms with Gasteiger partial charge in [0.1, 0.15) is 5.82 Å². The Balaban J connectivity index is 1.35. The number of benzene rings is 2. The standard InChI is InChI=1S/C28H36FN3O2/c1-20-18-31(14-15-32(20)28(34)23-10-6-7-11-23)19-24-16-25(29)17-26(21(24)2)30-27(33)13-12-22-8-4-3-5-9-22/h3-5,8-9,16-17,20,23H,6-7,10-15,18-19H2,1-2H3,(H,30,33)/t20-/m0/s1. The van der Waals surface area contributed by atoms with E-state index in [1.165, 1.54) is 6.07 Å². The van der Waals surface area contributed by atoms with Crippen molar-refractivity contribution in [3.05, 3.63) is 65.0 Å². The van der Waals surface area contributed by atoms with E-state index in [4.69, 9.17) is 0 Å². The number of rotatable bonds is 7. The Bertz CT molecular complexity index is 1000. The van der Waals surface area contributed by atoms with Crippen molar-refractivity contribution in [1.82, 2.24) is 9.80 Å². The number of halogens is 1. The smallest absolute Gasteiger partial charge is 0.226 e. The first-order chi connectivity index (χ1) is 16.4. The highest BCUT2D eigenvalue weighted by Crippen LogP contribution is 2.29. The van der Waals surface area contributed by atoms with Gasteiger partial charge in [0.05, 0.1) is 0 Å². The van der Waals surface area contributed by atoms with Crippen LogP contribution < -0.4 is 5.32 Å². The summed E-state index contributed by atoms with van der Waals surface area (Å²) >= 11 is 0. The quantitative estimate of drug-likeness (QED) is 0.631. The zero-order valence-corrected chi connectivity index (χ0v) is 20.4. The summed E-state index contributed by atoms with van der Waals surface area (Å²) in [6, 6.07) is 13.0. The maximum absolute atomic E-state index is 14.5. The van der Waals surface area contributed by atoms with Gasteiger partial charge in [0.25, 0.3) is 0 Å². The molecule has 2 fully saturated rings.